The van der Waals surface area contributed by atoms with Crippen LogP contribution >= 0.6 is 11.6 Å². The molecular weight excluding hydrogens is 293 g/mol. The molecule has 1 aromatic heterocycles. The molecule has 0 saturated carbocycles. The summed E-state index contributed by atoms with van der Waals surface area (Å²) in [5.74, 6) is -0.287. The molecule has 0 spiro atoms. The molecule has 0 aliphatic heterocycles. The second kappa shape index (κ2) is 6.00. The molecule has 0 unspecified atom stereocenters. The maximum Gasteiger partial charge on any atom is 0.573 e. The Hall–Kier alpha value is -1.95. The van der Waals surface area contributed by atoms with E-state index in [2.05, 4.69) is 15.0 Å². The zero-order valence-corrected chi connectivity index (χ0v) is 10.9. The summed E-state index contributed by atoms with van der Waals surface area (Å²) >= 11 is 5.92. The van der Waals surface area contributed by atoms with E-state index in [0.717, 1.165) is 5.56 Å². The minimum atomic E-state index is -4.73. The second-order valence-electron chi connectivity index (χ2n) is 3.86. The summed E-state index contributed by atoms with van der Waals surface area (Å²) in [6, 6.07) is 7.49. The number of rotatable bonds is 4. The number of anilines is 1. The van der Waals surface area contributed by atoms with Gasteiger partial charge in [0.1, 0.15) is 0 Å². The van der Waals surface area contributed by atoms with E-state index in [1.165, 1.54) is 24.4 Å². The Kier molecular flexibility index (Phi) is 4.34. The molecule has 106 valence electrons. The van der Waals surface area contributed by atoms with Gasteiger partial charge >= 0.3 is 6.36 Å². The van der Waals surface area contributed by atoms with Gasteiger partial charge in [-0.15, -0.1) is 13.2 Å². The van der Waals surface area contributed by atoms with Crippen LogP contribution in [-0.2, 0) is 6.54 Å². The van der Waals surface area contributed by atoms with Gasteiger partial charge in [0.05, 0.1) is 10.7 Å². The van der Waals surface area contributed by atoms with Crippen molar-refractivity contribution in [1.29, 1.82) is 0 Å². The van der Waals surface area contributed by atoms with E-state index in [-0.39, 0.29) is 18.0 Å². The predicted molar refractivity (Wildman–Crippen MR) is 69.7 cm³/mol. The molecule has 0 atom stereocenters. The zero-order chi connectivity index (χ0) is 14.6. The van der Waals surface area contributed by atoms with Gasteiger partial charge in [0.2, 0.25) is 0 Å². The lowest BCUT2D eigenvalue weighted by molar-refractivity contribution is -0.274. The van der Waals surface area contributed by atoms with Gasteiger partial charge in [-0.05, 0) is 23.8 Å². The quantitative estimate of drug-likeness (QED) is 0.917. The molecule has 0 fully saturated rings. The number of alkyl halides is 3. The van der Waals surface area contributed by atoms with Crippen LogP contribution < -0.4 is 10.1 Å². The highest BCUT2D eigenvalue weighted by atomic mass is 35.5. The summed E-state index contributed by atoms with van der Waals surface area (Å²) in [4.78, 5) is 3.83. The van der Waals surface area contributed by atoms with Crippen LogP contribution in [0.15, 0.2) is 42.7 Å². The fraction of sp³-hybridized carbons (Fsp3) is 0.154. The van der Waals surface area contributed by atoms with Gasteiger partial charge in [0.25, 0.3) is 0 Å². The number of hydrogen-bond acceptors (Lipinski definition) is 3. The minimum absolute atomic E-state index is 0.234. The van der Waals surface area contributed by atoms with E-state index in [1.807, 2.05) is 0 Å². The summed E-state index contributed by atoms with van der Waals surface area (Å²) in [5.41, 5.74) is 0.959. The summed E-state index contributed by atoms with van der Waals surface area (Å²) in [7, 11) is 0. The summed E-state index contributed by atoms with van der Waals surface area (Å²) < 4.78 is 40.8. The van der Waals surface area contributed by atoms with Gasteiger partial charge in [0, 0.05) is 18.9 Å². The lowest BCUT2D eigenvalue weighted by atomic mass is 10.2. The van der Waals surface area contributed by atoms with Crippen LogP contribution in [0, 0.1) is 0 Å². The van der Waals surface area contributed by atoms with E-state index in [1.54, 1.807) is 18.3 Å². The third-order valence-electron chi connectivity index (χ3n) is 2.44. The summed E-state index contributed by atoms with van der Waals surface area (Å²) in [6.45, 7) is 0.263. The van der Waals surface area contributed by atoms with E-state index in [4.69, 9.17) is 11.6 Å². The number of nitrogens with zero attached hydrogens (tertiary/aromatic N) is 1. The average Bonchev–Trinajstić information content (AvgIpc) is 2.37. The Bertz CT molecular complexity index is 590. The van der Waals surface area contributed by atoms with Gasteiger partial charge in [-0.25, -0.2) is 0 Å². The fourth-order valence-electron chi connectivity index (χ4n) is 1.56. The standard InChI is InChI=1S/C13H10ClF3N2O/c14-10-8-18-6-5-9(10)7-19-11-3-1-2-4-12(11)20-13(15,16)17/h1-6,8,19H,7H2. The second-order valence-corrected chi connectivity index (χ2v) is 4.27. The Morgan fingerprint density at radius 2 is 1.95 bits per heavy atom. The van der Waals surface area contributed by atoms with Crippen molar-refractivity contribution in [1.82, 2.24) is 4.98 Å². The molecule has 0 bridgehead atoms. The SMILES string of the molecule is FC(F)(F)Oc1ccccc1NCc1ccncc1Cl. The number of halogens is 4. The largest absolute Gasteiger partial charge is 0.573 e. The van der Waals surface area contributed by atoms with Gasteiger partial charge in [-0.3, -0.25) is 4.98 Å². The molecule has 0 amide bonds. The lowest BCUT2D eigenvalue weighted by Crippen LogP contribution is -2.18. The average molecular weight is 303 g/mol. The van der Waals surface area contributed by atoms with E-state index in [9.17, 15) is 13.2 Å². The first-order valence-corrected chi connectivity index (χ1v) is 6.00. The van der Waals surface area contributed by atoms with Crippen LogP contribution in [0.25, 0.3) is 0 Å². The van der Waals surface area contributed by atoms with Crippen LogP contribution in [0.5, 0.6) is 5.75 Å². The highest BCUT2D eigenvalue weighted by Crippen LogP contribution is 2.30. The Labute approximate surface area is 118 Å². The molecule has 7 heteroatoms. The van der Waals surface area contributed by atoms with Crippen LogP contribution in [0.1, 0.15) is 5.56 Å². The molecule has 0 aliphatic rings. The Morgan fingerprint density at radius 3 is 2.65 bits per heavy atom. The molecule has 1 N–H and O–H groups in total. The summed E-state index contributed by atoms with van der Waals surface area (Å²) in [6.07, 6.45) is -1.70. The number of nitrogens with one attached hydrogen (secondary N) is 1. The number of benzene rings is 1. The highest BCUT2D eigenvalue weighted by Gasteiger charge is 2.32. The molecule has 0 radical (unpaired) electrons. The minimum Gasteiger partial charge on any atom is -0.404 e. The number of para-hydroxylation sites is 2. The molecule has 3 nitrogen and oxygen atoms in total. The number of hydrogen-bond donors (Lipinski definition) is 1. The molecule has 0 saturated heterocycles. The molecule has 1 heterocycles. The lowest BCUT2D eigenvalue weighted by Gasteiger charge is -2.14. The van der Waals surface area contributed by atoms with E-state index >= 15 is 0 Å². The van der Waals surface area contributed by atoms with Gasteiger partial charge in [0.15, 0.2) is 5.75 Å². The monoisotopic (exact) mass is 302 g/mol. The molecule has 1 aromatic carbocycles. The fourth-order valence-corrected chi connectivity index (χ4v) is 1.75. The first kappa shape index (κ1) is 14.5. The Balaban J connectivity index is 2.12. The zero-order valence-electron chi connectivity index (χ0n) is 10.1. The van der Waals surface area contributed by atoms with E-state index in [0.29, 0.717) is 5.02 Å². The number of aromatic nitrogens is 1. The normalized spacial score (nSPS) is 11.2. The third-order valence-corrected chi connectivity index (χ3v) is 2.78. The van der Waals surface area contributed by atoms with Gasteiger partial charge < -0.3 is 10.1 Å². The summed E-state index contributed by atoms with van der Waals surface area (Å²) in [5, 5.41) is 3.29. The van der Waals surface area contributed by atoms with Crippen LogP contribution in [-0.4, -0.2) is 11.3 Å². The van der Waals surface area contributed by atoms with Crippen molar-refractivity contribution in [3.63, 3.8) is 0 Å². The van der Waals surface area contributed by atoms with Crippen molar-refractivity contribution in [3.8, 4) is 5.75 Å². The maximum atomic E-state index is 12.3. The van der Waals surface area contributed by atoms with Gasteiger partial charge in [-0.2, -0.15) is 0 Å². The first-order chi connectivity index (χ1) is 9.46. The first-order valence-electron chi connectivity index (χ1n) is 5.63. The molecule has 0 aliphatic carbocycles. The third kappa shape index (κ3) is 4.03. The van der Waals surface area contributed by atoms with Crippen molar-refractivity contribution in [3.05, 3.63) is 53.3 Å². The van der Waals surface area contributed by atoms with E-state index < -0.39 is 6.36 Å². The van der Waals surface area contributed by atoms with Crippen LogP contribution in [0.2, 0.25) is 5.02 Å². The number of ether oxygens (including phenoxy) is 1. The maximum absolute atomic E-state index is 12.3. The highest BCUT2D eigenvalue weighted by molar-refractivity contribution is 6.31. The predicted octanol–water partition coefficient (Wildman–Crippen LogP) is 4.25. The Morgan fingerprint density at radius 1 is 1.20 bits per heavy atom. The molecular formula is C13H10ClF3N2O. The topological polar surface area (TPSA) is 34.1 Å². The van der Waals surface area contributed by atoms with Crippen molar-refractivity contribution in [2.45, 2.75) is 12.9 Å². The van der Waals surface area contributed by atoms with Crippen molar-refractivity contribution in [2.75, 3.05) is 5.32 Å². The van der Waals surface area contributed by atoms with Crippen molar-refractivity contribution in [2.24, 2.45) is 0 Å². The van der Waals surface area contributed by atoms with Crippen LogP contribution in [0.4, 0.5) is 18.9 Å². The van der Waals surface area contributed by atoms with Crippen LogP contribution in [0.3, 0.4) is 0 Å². The number of pyridine rings is 1. The van der Waals surface area contributed by atoms with Crippen molar-refractivity contribution >= 4 is 17.3 Å². The van der Waals surface area contributed by atoms with Crippen molar-refractivity contribution < 1.29 is 17.9 Å². The smallest absolute Gasteiger partial charge is 0.404 e. The van der Waals surface area contributed by atoms with Gasteiger partial charge in [-0.1, -0.05) is 23.7 Å². The molecule has 2 aromatic rings. The molecule has 20 heavy (non-hydrogen) atoms. The molecule has 2 rings (SSSR count).